The predicted molar refractivity (Wildman–Crippen MR) is 69.2 cm³/mol. The molecule has 17 heavy (non-hydrogen) atoms. The molecule has 3 saturated heterocycles. The maximum atomic E-state index is 5.87. The van der Waals surface area contributed by atoms with Crippen molar-refractivity contribution in [1.29, 1.82) is 0 Å². The van der Waals surface area contributed by atoms with Crippen LogP contribution in [0.15, 0.2) is 0 Å². The van der Waals surface area contributed by atoms with Crippen molar-refractivity contribution in [2.75, 3.05) is 26.2 Å². The summed E-state index contributed by atoms with van der Waals surface area (Å²) in [5.74, 6) is 0. The summed E-state index contributed by atoms with van der Waals surface area (Å²) in [6.07, 6.45) is 5.82. The van der Waals surface area contributed by atoms with Gasteiger partial charge in [-0.05, 0) is 46.1 Å². The van der Waals surface area contributed by atoms with Gasteiger partial charge >= 0.3 is 0 Å². The van der Waals surface area contributed by atoms with Gasteiger partial charge in [-0.15, -0.1) is 0 Å². The Morgan fingerprint density at radius 3 is 2.82 bits per heavy atom. The van der Waals surface area contributed by atoms with Crippen LogP contribution in [0.25, 0.3) is 0 Å². The van der Waals surface area contributed by atoms with Crippen LogP contribution >= 0.6 is 0 Å². The van der Waals surface area contributed by atoms with E-state index in [4.69, 9.17) is 4.74 Å². The second-order valence-electron chi connectivity index (χ2n) is 6.13. The van der Waals surface area contributed by atoms with Gasteiger partial charge in [0.25, 0.3) is 0 Å². The minimum Gasteiger partial charge on any atom is -0.377 e. The summed E-state index contributed by atoms with van der Waals surface area (Å²) in [7, 11) is 0. The van der Waals surface area contributed by atoms with Gasteiger partial charge in [0.2, 0.25) is 0 Å². The van der Waals surface area contributed by atoms with Crippen molar-refractivity contribution in [2.24, 2.45) is 0 Å². The van der Waals surface area contributed by atoms with Crippen LogP contribution in [-0.4, -0.2) is 60.3 Å². The van der Waals surface area contributed by atoms with E-state index in [1.54, 1.807) is 0 Å². The standard InChI is InChI=1S/C14H26N2O/c1-11-9-15-7-3-5-13(15)10-16(11)12(2)14-6-4-8-17-14/h11-14H,3-10H2,1-2H3. The fourth-order valence-corrected chi connectivity index (χ4v) is 3.97. The van der Waals surface area contributed by atoms with E-state index >= 15 is 0 Å². The summed E-state index contributed by atoms with van der Waals surface area (Å²) in [4.78, 5) is 5.41. The van der Waals surface area contributed by atoms with Crippen molar-refractivity contribution in [1.82, 2.24) is 9.80 Å². The van der Waals surface area contributed by atoms with Crippen LogP contribution in [-0.2, 0) is 4.74 Å². The van der Waals surface area contributed by atoms with Gasteiger partial charge in [0.05, 0.1) is 6.10 Å². The summed E-state index contributed by atoms with van der Waals surface area (Å²) in [5, 5.41) is 0. The van der Waals surface area contributed by atoms with Gasteiger partial charge in [-0.1, -0.05) is 0 Å². The molecular weight excluding hydrogens is 212 g/mol. The molecule has 0 spiro atoms. The van der Waals surface area contributed by atoms with E-state index in [9.17, 15) is 0 Å². The first-order valence-electron chi connectivity index (χ1n) is 7.37. The Kier molecular flexibility index (Phi) is 3.42. The zero-order chi connectivity index (χ0) is 11.8. The topological polar surface area (TPSA) is 15.7 Å². The Balaban J connectivity index is 1.65. The molecule has 3 nitrogen and oxygen atoms in total. The minimum absolute atomic E-state index is 0.491. The third-order valence-electron chi connectivity index (χ3n) is 5.01. The van der Waals surface area contributed by atoms with Gasteiger partial charge in [-0.3, -0.25) is 9.80 Å². The maximum absolute atomic E-state index is 5.87. The lowest BCUT2D eigenvalue weighted by Crippen LogP contribution is -2.59. The molecule has 3 aliphatic rings. The Morgan fingerprint density at radius 1 is 1.18 bits per heavy atom. The fourth-order valence-electron chi connectivity index (χ4n) is 3.97. The number of rotatable bonds is 2. The molecule has 3 heteroatoms. The fraction of sp³-hybridized carbons (Fsp3) is 1.00. The van der Waals surface area contributed by atoms with Crippen molar-refractivity contribution in [3.63, 3.8) is 0 Å². The van der Waals surface area contributed by atoms with Crippen molar-refractivity contribution < 1.29 is 4.74 Å². The van der Waals surface area contributed by atoms with Crippen molar-refractivity contribution >= 4 is 0 Å². The Morgan fingerprint density at radius 2 is 2.06 bits per heavy atom. The van der Waals surface area contributed by atoms with Crippen molar-refractivity contribution in [2.45, 2.75) is 63.8 Å². The van der Waals surface area contributed by atoms with Crippen LogP contribution in [0.3, 0.4) is 0 Å². The van der Waals surface area contributed by atoms with Gasteiger partial charge in [-0.2, -0.15) is 0 Å². The first-order chi connectivity index (χ1) is 8.25. The molecule has 3 fully saturated rings. The quantitative estimate of drug-likeness (QED) is 0.728. The van der Waals surface area contributed by atoms with Crippen LogP contribution in [0.2, 0.25) is 0 Å². The highest BCUT2D eigenvalue weighted by Crippen LogP contribution is 2.28. The normalized spacial score (nSPS) is 41.6. The summed E-state index contributed by atoms with van der Waals surface area (Å²) in [5.41, 5.74) is 0. The molecule has 0 aromatic carbocycles. The molecule has 98 valence electrons. The van der Waals surface area contributed by atoms with Gasteiger partial charge in [0.1, 0.15) is 0 Å². The SMILES string of the molecule is CC1CN2CCCC2CN1C(C)C1CCCO1. The third-order valence-corrected chi connectivity index (χ3v) is 5.01. The molecule has 3 heterocycles. The molecule has 3 aliphatic heterocycles. The lowest BCUT2D eigenvalue weighted by molar-refractivity contribution is -0.0255. The van der Waals surface area contributed by atoms with Crippen LogP contribution in [0, 0.1) is 0 Å². The first kappa shape index (κ1) is 11.9. The molecule has 4 unspecified atom stereocenters. The Bertz CT molecular complexity index is 265. The Hall–Kier alpha value is -0.120. The van der Waals surface area contributed by atoms with Gasteiger partial charge in [0.15, 0.2) is 0 Å². The molecule has 0 aromatic rings. The van der Waals surface area contributed by atoms with Gasteiger partial charge < -0.3 is 4.74 Å². The van der Waals surface area contributed by atoms with Crippen molar-refractivity contribution in [3.8, 4) is 0 Å². The predicted octanol–water partition coefficient (Wildman–Crippen LogP) is 1.72. The molecule has 3 rings (SSSR count). The highest BCUT2D eigenvalue weighted by molar-refractivity contribution is 4.94. The smallest absolute Gasteiger partial charge is 0.0728 e. The second-order valence-corrected chi connectivity index (χ2v) is 6.13. The largest absolute Gasteiger partial charge is 0.377 e. The molecule has 0 amide bonds. The summed E-state index contributed by atoms with van der Waals surface area (Å²) in [6.45, 7) is 9.60. The van der Waals surface area contributed by atoms with E-state index in [1.165, 1.54) is 45.3 Å². The summed E-state index contributed by atoms with van der Waals surface area (Å²) >= 11 is 0. The number of fused-ring (bicyclic) bond motifs is 1. The number of piperazine rings is 1. The highest BCUT2D eigenvalue weighted by atomic mass is 16.5. The molecule has 0 saturated carbocycles. The zero-order valence-electron chi connectivity index (χ0n) is 11.3. The molecule has 0 aromatic heterocycles. The maximum Gasteiger partial charge on any atom is 0.0728 e. The van der Waals surface area contributed by atoms with E-state index in [2.05, 4.69) is 23.6 Å². The number of ether oxygens (including phenoxy) is 1. The molecular formula is C14H26N2O. The van der Waals surface area contributed by atoms with E-state index in [1.807, 2.05) is 0 Å². The van der Waals surface area contributed by atoms with Crippen LogP contribution in [0.1, 0.15) is 39.5 Å². The summed E-state index contributed by atoms with van der Waals surface area (Å²) < 4.78 is 5.87. The average molecular weight is 238 g/mol. The summed E-state index contributed by atoms with van der Waals surface area (Å²) in [6, 6.07) is 2.13. The van der Waals surface area contributed by atoms with Gasteiger partial charge in [0, 0.05) is 37.8 Å². The lowest BCUT2D eigenvalue weighted by Gasteiger charge is -2.46. The minimum atomic E-state index is 0.491. The molecule has 4 atom stereocenters. The van der Waals surface area contributed by atoms with Crippen LogP contribution in [0.5, 0.6) is 0 Å². The van der Waals surface area contributed by atoms with E-state index < -0.39 is 0 Å². The highest BCUT2D eigenvalue weighted by Gasteiger charge is 2.38. The van der Waals surface area contributed by atoms with E-state index in [-0.39, 0.29) is 0 Å². The third kappa shape index (κ3) is 2.25. The molecule has 0 N–H and O–H groups in total. The number of hydrogen-bond acceptors (Lipinski definition) is 3. The second kappa shape index (κ2) is 4.87. The average Bonchev–Trinajstić information content (AvgIpc) is 2.97. The van der Waals surface area contributed by atoms with Crippen LogP contribution < -0.4 is 0 Å². The molecule has 0 aliphatic carbocycles. The van der Waals surface area contributed by atoms with Crippen LogP contribution in [0.4, 0.5) is 0 Å². The zero-order valence-corrected chi connectivity index (χ0v) is 11.3. The van der Waals surface area contributed by atoms with Crippen molar-refractivity contribution in [3.05, 3.63) is 0 Å². The monoisotopic (exact) mass is 238 g/mol. The van der Waals surface area contributed by atoms with Gasteiger partial charge in [-0.25, -0.2) is 0 Å². The molecule has 0 radical (unpaired) electrons. The Labute approximate surface area is 105 Å². The number of nitrogens with zero attached hydrogens (tertiary/aromatic N) is 2. The lowest BCUT2D eigenvalue weighted by atomic mass is 10.0. The number of hydrogen-bond donors (Lipinski definition) is 0. The first-order valence-corrected chi connectivity index (χ1v) is 7.37. The molecule has 0 bridgehead atoms. The van der Waals surface area contributed by atoms with E-state index in [0.29, 0.717) is 18.2 Å². The van der Waals surface area contributed by atoms with E-state index in [0.717, 1.165) is 12.6 Å².